The van der Waals surface area contributed by atoms with E-state index in [2.05, 4.69) is 15.9 Å². The van der Waals surface area contributed by atoms with Crippen LogP contribution in [0.25, 0.3) is 20.2 Å². The molecule has 20 heavy (non-hydrogen) atoms. The SMILES string of the molecule is CN1C(=O)c2cc3sc4ccc(Br)cc4c3cc2C1=O. The lowest BCUT2D eigenvalue weighted by atomic mass is 10.1. The summed E-state index contributed by atoms with van der Waals surface area (Å²) in [5.41, 5.74) is 1.01. The zero-order chi connectivity index (χ0) is 14.0. The molecule has 5 heteroatoms. The van der Waals surface area contributed by atoms with Crippen molar-refractivity contribution in [3.63, 3.8) is 0 Å². The van der Waals surface area contributed by atoms with E-state index in [4.69, 9.17) is 0 Å². The van der Waals surface area contributed by atoms with Crippen molar-refractivity contribution in [2.24, 2.45) is 0 Å². The third kappa shape index (κ3) is 1.45. The van der Waals surface area contributed by atoms with Crippen molar-refractivity contribution >= 4 is 59.3 Å². The molecule has 1 aliphatic rings. The Hall–Kier alpha value is -1.72. The van der Waals surface area contributed by atoms with Crippen LogP contribution in [0.2, 0.25) is 0 Å². The van der Waals surface area contributed by atoms with Crippen LogP contribution in [0.3, 0.4) is 0 Å². The standard InChI is InChI=1S/C15H8BrNO2S/c1-17-14(18)10-5-9-8-4-7(16)2-3-12(8)20-13(9)6-11(10)15(17)19/h2-6H,1H3. The summed E-state index contributed by atoms with van der Waals surface area (Å²) in [4.78, 5) is 25.3. The molecule has 0 spiro atoms. The molecule has 2 amide bonds. The van der Waals surface area contributed by atoms with E-state index < -0.39 is 0 Å². The molecule has 2 aromatic carbocycles. The van der Waals surface area contributed by atoms with Crippen LogP contribution in [-0.2, 0) is 0 Å². The lowest BCUT2D eigenvalue weighted by Gasteiger charge is -2.02. The Balaban J connectivity index is 2.14. The highest BCUT2D eigenvalue weighted by Gasteiger charge is 2.33. The normalized spacial score (nSPS) is 14.6. The molecule has 4 rings (SSSR count). The van der Waals surface area contributed by atoms with Gasteiger partial charge in [-0.25, -0.2) is 0 Å². The van der Waals surface area contributed by atoms with Crippen molar-refractivity contribution in [3.8, 4) is 0 Å². The predicted molar refractivity (Wildman–Crippen MR) is 83.5 cm³/mol. The summed E-state index contributed by atoms with van der Waals surface area (Å²) in [6.07, 6.45) is 0. The molecule has 98 valence electrons. The second-order valence-electron chi connectivity index (χ2n) is 4.81. The van der Waals surface area contributed by atoms with E-state index in [1.165, 1.54) is 11.9 Å². The Kier molecular flexibility index (Phi) is 2.35. The van der Waals surface area contributed by atoms with E-state index >= 15 is 0 Å². The van der Waals surface area contributed by atoms with Crippen molar-refractivity contribution in [2.45, 2.75) is 0 Å². The molecule has 0 radical (unpaired) electrons. The van der Waals surface area contributed by atoms with Gasteiger partial charge in [0.1, 0.15) is 0 Å². The van der Waals surface area contributed by atoms with E-state index in [1.807, 2.05) is 30.3 Å². The lowest BCUT2D eigenvalue weighted by molar-refractivity contribution is 0.0693. The zero-order valence-electron chi connectivity index (χ0n) is 10.4. The number of amides is 2. The average Bonchev–Trinajstić information content (AvgIpc) is 2.89. The first-order valence-electron chi connectivity index (χ1n) is 6.04. The summed E-state index contributed by atoms with van der Waals surface area (Å²) in [7, 11) is 1.52. The number of imide groups is 1. The van der Waals surface area contributed by atoms with Gasteiger partial charge in [-0.15, -0.1) is 11.3 Å². The number of carbonyl (C=O) groups excluding carboxylic acids is 2. The van der Waals surface area contributed by atoms with Gasteiger partial charge in [0.05, 0.1) is 11.1 Å². The van der Waals surface area contributed by atoms with Crippen molar-refractivity contribution in [2.75, 3.05) is 7.05 Å². The van der Waals surface area contributed by atoms with Gasteiger partial charge in [0.15, 0.2) is 0 Å². The smallest absolute Gasteiger partial charge is 0.261 e. The fourth-order valence-corrected chi connectivity index (χ4v) is 4.07. The molecule has 0 bridgehead atoms. The summed E-state index contributed by atoms with van der Waals surface area (Å²) in [5, 5.41) is 2.14. The van der Waals surface area contributed by atoms with Gasteiger partial charge in [0.25, 0.3) is 11.8 Å². The summed E-state index contributed by atoms with van der Waals surface area (Å²) in [5.74, 6) is -0.438. The van der Waals surface area contributed by atoms with E-state index in [-0.39, 0.29) is 11.8 Å². The molecule has 3 aromatic rings. The van der Waals surface area contributed by atoms with E-state index in [0.29, 0.717) is 11.1 Å². The third-order valence-corrected chi connectivity index (χ3v) is 5.27. The monoisotopic (exact) mass is 345 g/mol. The fourth-order valence-electron chi connectivity index (χ4n) is 2.60. The first-order chi connectivity index (χ1) is 9.56. The van der Waals surface area contributed by atoms with Gasteiger partial charge in [-0.1, -0.05) is 15.9 Å². The highest BCUT2D eigenvalue weighted by Crippen LogP contribution is 2.38. The van der Waals surface area contributed by atoms with Crippen LogP contribution in [0.5, 0.6) is 0 Å². The van der Waals surface area contributed by atoms with Gasteiger partial charge in [0, 0.05) is 31.7 Å². The van der Waals surface area contributed by atoms with Crippen LogP contribution >= 0.6 is 27.3 Å². The molecular weight excluding hydrogens is 338 g/mol. The maximum Gasteiger partial charge on any atom is 0.261 e. The first-order valence-corrected chi connectivity index (χ1v) is 7.65. The topological polar surface area (TPSA) is 37.4 Å². The zero-order valence-corrected chi connectivity index (χ0v) is 12.8. The summed E-state index contributed by atoms with van der Waals surface area (Å²) < 4.78 is 3.19. The quantitative estimate of drug-likeness (QED) is 0.576. The summed E-state index contributed by atoms with van der Waals surface area (Å²) in [6, 6.07) is 9.78. The van der Waals surface area contributed by atoms with Crippen molar-refractivity contribution in [1.82, 2.24) is 4.90 Å². The highest BCUT2D eigenvalue weighted by molar-refractivity contribution is 9.10. The number of carbonyl (C=O) groups is 2. The second kappa shape index (κ2) is 3.90. The van der Waals surface area contributed by atoms with Gasteiger partial charge in [-0.2, -0.15) is 0 Å². The van der Waals surface area contributed by atoms with Crippen molar-refractivity contribution in [1.29, 1.82) is 0 Å². The van der Waals surface area contributed by atoms with E-state index in [0.717, 1.165) is 24.6 Å². The molecule has 0 unspecified atom stereocenters. The largest absolute Gasteiger partial charge is 0.277 e. The minimum Gasteiger partial charge on any atom is -0.277 e. The van der Waals surface area contributed by atoms with Gasteiger partial charge in [-0.05, 0) is 30.3 Å². The number of benzene rings is 2. The molecule has 2 heterocycles. The first kappa shape index (κ1) is 12.1. The number of hydrogen-bond acceptors (Lipinski definition) is 3. The van der Waals surface area contributed by atoms with Gasteiger partial charge < -0.3 is 0 Å². The van der Waals surface area contributed by atoms with Crippen LogP contribution in [0, 0.1) is 0 Å². The summed E-state index contributed by atoms with van der Waals surface area (Å²) in [6.45, 7) is 0. The van der Waals surface area contributed by atoms with Crippen molar-refractivity contribution < 1.29 is 9.59 Å². The maximum atomic E-state index is 12.1. The number of fused-ring (bicyclic) bond motifs is 4. The Morgan fingerprint density at radius 2 is 1.60 bits per heavy atom. The van der Waals surface area contributed by atoms with Crippen LogP contribution < -0.4 is 0 Å². The van der Waals surface area contributed by atoms with Crippen molar-refractivity contribution in [3.05, 3.63) is 45.9 Å². The number of rotatable bonds is 0. The number of nitrogens with zero attached hydrogens (tertiary/aromatic N) is 1. The Morgan fingerprint density at radius 3 is 2.35 bits per heavy atom. The number of hydrogen-bond donors (Lipinski definition) is 0. The van der Waals surface area contributed by atoms with Crippen LogP contribution in [0.4, 0.5) is 0 Å². The summed E-state index contributed by atoms with van der Waals surface area (Å²) >= 11 is 5.11. The van der Waals surface area contributed by atoms with Gasteiger partial charge in [-0.3, -0.25) is 14.5 Å². The molecule has 0 fully saturated rings. The number of thiophene rings is 1. The van der Waals surface area contributed by atoms with E-state index in [9.17, 15) is 9.59 Å². The Labute approximate surface area is 126 Å². The van der Waals surface area contributed by atoms with Gasteiger partial charge >= 0.3 is 0 Å². The molecule has 1 aliphatic heterocycles. The minimum absolute atomic E-state index is 0.217. The molecule has 0 aliphatic carbocycles. The molecule has 0 N–H and O–H groups in total. The molecule has 0 saturated carbocycles. The average molecular weight is 346 g/mol. The van der Waals surface area contributed by atoms with Crippen LogP contribution in [-0.4, -0.2) is 23.8 Å². The third-order valence-electron chi connectivity index (χ3n) is 3.64. The Bertz CT molecular complexity index is 928. The fraction of sp³-hybridized carbons (Fsp3) is 0.0667. The second-order valence-corrected chi connectivity index (χ2v) is 6.81. The van der Waals surface area contributed by atoms with E-state index in [1.54, 1.807) is 11.3 Å². The van der Waals surface area contributed by atoms with Gasteiger partial charge in [0.2, 0.25) is 0 Å². The molecule has 0 saturated heterocycles. The molecular formula is C15H8BrNO2S. The van der Waals surface area contributed by atoms with Crippen LogP contribution in [0.1, 0.15) is 20.7 Å². The molecule has 3 nitrogen and oxygen atoms in total. The lowest BCUT2D eigenvalue weighted by Crippen LogP contribution is -2.24. The Morgan fingerprint density at radius 1 is 0.950 bits per heavy atom. The molecule has 0 atom stereocenters. The minimum atomic E-state index is -0.221. The maximum absolute atomic E-state index is 12.1. The number of halogens is 1. The molecule has 1 aromatic heterocycles. The predicted octanol–water partition coefficient (Wildman–Crippen LogP) is 4.04. The highest BCUT2D eigenvalue weighted by atomic mass is 79.9. The van der Waals surface area contributed by atoms with Crippen LogP contribution in [0.15, 0.2) is 34.8 Å².